The van der Waals surface area contributed by atoms with E-state index in [1.54, 1.807) is 19.1 Å². The fraction of sp³-hybridized carbons (Fsp3) is 0.357. The van der Waals surface area contributed by atoms with Gasteiger partial charge in [0.05, 0.1) is 0 Å². The first-order valence-corrected chi connectivity index (χ1v) is 5.97. The Hall–Kier alpha value is -1.77. The van der Waals surface area contributed by atoms with E-state index < -0.39 is 0 Å². The third-order valence-corrected chi connectivity index (χ3v) is 1.43. The zero-order valence-electron chi connectivity index (χ0n) is 11.5. The average molecular weight is 236 g/mol. The van der Waals surface area contributed by atoms with Gasteiger partial charge in [0.2, 0.25) is 0 Å². The molecular formula is C14H24N2O. The molecule has 0 heterocycles. The number of rotatable bonds is 3. The summed E-state index contributed by atoms with van der Waals surface area (Å²) in [6, 6.07) is 8.99. The van der Waals surface area contributed by atoms with Crippen LogP contribution in [-0.4, -0.2) is 5.91 Å². The van der Waals surface area contributed by atoms with Crippen LogP contribution >= 0.6 is 0 Å². The smallest absolute Gasteiger partial charge is 0.269 e. The van der Waals surface area contributed by atoms with Gasteiger partial charge in [-0.15, -0.1) is 0 Å². The van der Waals surface area contributed by atoms with E-state index in [1.165, 1.54) is 0 Å². The maximum absolute atomic E-state index is 11.3. The Morgan fingerprint density at radius 1 is 1.00 bits per heavy atom. The van der Waals surface area contributed by atoms with Crippen LogP contribution in [0.5, 0.6) is 0 Å². The number of hydrazine groups is 1. The van der Waals surface area contributed by atoms with E-state index in [4.69, 9.17) is 0 Å². The monoisotopic (exact) mass is 236 g/mol. The minimum Gasteiger partial charge on any atom is -0.303 e. The van der Waals surface area contributed by atoms with Crippen molar-refractivity contribution >= 4 is 5.91 Å². The van der Waals surface area contributed by atoms with Crippen LogP contribution < -0.4 is 10.9 Å². The normalized spacial score (nSPS) is 7.59. The molecule has 0 aliphatic rings. The topological polar surface area (TPSA) is 41.1 Å². The number of amides is 1. The summed E-state index contributed by atoms with van der Waals surface area (Å²) in [5.74, 6) is -0.163. The standard InChI is InChI=1S/C10H12N2O.2C2H6/c1-8(2)11-12-10(13)9-6-4-3-5-7-9;2*1-2/h3-7,11H,1H2,2H3,(H,12,13);2*1-2H3. The second-order valence-electron chi connectivity index (χ2n) is 2.73. The van der Waals surface area contributed by atoms with E-state index in [1.807, 2.05) is 45.9 Å². The fourth-order valence-electron chi connectivity index (χ4n) is 0.825. The third kappa shape index (κ3) is 9.18. The minimum absolute atomic E-state index is 0.163. The molecule has 1 amide bonds. The second kappa shape index (κ2) is 12.3. The summed E-state index contributed by atoms with van der Waals surface area (Å²) in [6.07, 6.45) is 0. The lowest BCUT2D eigenvalue weighted by molar-refractivity contribution is 0.0939. The van der Waals surface area contributed by atoms with Crippen LogP contribution in [-0.2, 0) is 0 Å². The van der Waals surface area contributed by atoms with Gasteiger partial charge in [-0.25, -0.2) is 0 Å². The number of benzene rings is 1. The van der Waals surface area contributed by atoms with Gasteiger partial charge >= 0.3 is 0 Å². The Morgan fingerprint density at radius 3 is 1.88 bits per heavy atom. The molecule has 0 unspecified atom stereocenters. The molecule has 17 heavy (non-hydrogen) atoms. The number of carbonyl (C=O) groups is 1. The summed E-state index contributed by atoms with van der Waals surface area (Å²) < 4.78 is 0. The molecule has 2 N–H and O–H groups in total. The van der Waals surface area contributed by atoms with Crippen LogP contribution in [0.3, 0.4) is 0 Å². The molecule has 0 bridgehead atoms. The van der Waals surface area contributed by atoms with Crippen LogP contribution in [0.25, 0.3) is 0 Å². The molecular weight excluding hydrogens is 212 g/mol. The molecule has 0 fully saturated rings. The predicted molar refractivity (Wildman–Crippen MR) is 74.6 cm³/mol. The van der Waals surface area contributed by atoms with Crippen LogP contribution in [0.1, 0.15) is 45.0 Å². The van der Waals surface area contributed by atoms with Crippen LogP contribution in [0, 0.1) is 0 Å². The zero-order valence-corrected chi connectivity index (χ0v) is 11.5. The molecule has 0 saturated carbocycles. The van der Waals surface area contributed by atoms with Crippen molar-refractivity contribution in [2.75, 3.05) is 0 Å². The van der Waals surface area contributed by atoms with Crippen LogP contribution in [0.4, 0.5) is 0 Å². The quantitative estimate of drug-likeness (QED) is 0.789. The highest BCUT2D eigenvalue weighted by Crippen LogP contribution is 1.96. The zero-order chi connectivity index (χ0) is 13.7. The van der Waals surface area contributed by atoms with Gasteiger partial charge in [0.15, 0.2) is 0 Å². The Morgan fingerprint density at radius 2 is 1.47 bits per heavy atom. The van der Waals surface area contributed by atoms with Crippen molar-refractivity contribution in [3.05, 3.63) is 48.2 Å². The number of allylic oxidation sites excluding steroid dienone is 1. The fourth-order valence-corrected chi connectivity index (χ4v) is 0.825. The molecule has 0 saturated heterocycles. The van der Waals surface area contributed by atoms with Crippen molar-refractivity contribution in [2.24, 2.45) is 0 Å². The number of carbonyl (C=O) groups excluding carboxylic acids is 1. The van der Waals surface area contributed by atoms with Crippen molar-refractivity contribution in [3.8, 4) is 0 Å². The van der Waals surface area contributed by atoms with Crippen molar-refractivity contribution in [3.63, 3.8) is 0 Å². The van der Waals surface area contributed by atoms with Crippen molar-refractivity contribution in [1.82, 2.24) is 10.9 Å². The highest BCUT2D eigenvalue weighted by Gasteiger charge is 2.01. The van der Waals surface area contributed by atoms with Gasteiger partial charge in [0, 0.05) is 11.3 Å². The van der Waals surface area contributed by atoms with Crippen LogP contribution in [0.15, 0.2) is 42.6 Å². The lowest BCUT2D eigenvalue weighted by Crippen LogP contribution is -2.35. The highest BCUT2D eigenvalue weighted by molar-refractivity contribution is 5.93. The molecule has 0 aliphatic heterocycles. The molecule has 3 nitrogen and oxygen atoms in total. The maximum atomic E-state index is 11.3. The van der Waals surface area contributed by atoms with Gasteiger partial charge in [0.25, 0.3) is 5.91 Å². The van der Waals surface area contributed by atoms with Gasteiger partial charge in [-0.3, -0.25) is 10.2 Å². The van der Waals surface area contributed by atoms with E-state index in [-0.39, 0.29) is 5.91 Å². The first kappa shape index (κ1) is 17.6. The lowest BCUT2D eigenvalue weighted by atomic mass is 10.2. The molecule has 3 heteroatoms. The largest absolute Gasteiger partial charge is 0.303 e. The van der Waals surface area contributed by atoms with E-state index in [0.29, 0.717) is 11.3 Å². The van der Waals surface area contributed by atoms with Gasteiger partial charge in [-0.05, 0) is 19.1 Å². The minimum atomic E-state index is -0.163. The van der Waals surface area contributed by atoms with E-state index in [9.17, 15) is 4.79 Å². The van der Waals surface area contributed by atoms with Gasteiger partial charge < -0.3 is 5.43 Å². The highest BCUT2D eigenvalue weighted by atomic mass is 16.2. The number of nitrogens with one attached hydrogen (secondary N) is 2. The summed E-state index contributed by atoms with van der Waals surface area (Å²) >= 11 is 0. The van der Waals surface area contributed by atoms with Crippen LogP contribution in [0.2, 0.25) is 0 Å². The molecule has 1 aromatic rings. The predicted octanol–water partition coefficient (Wildman–Crippen LogP) is 3.51. The Labute approximate surface area is 105 Å². The average Bonchev–Trinajstić information content (AvgIpc) is 2.41. The molecule has 0 atom stereocenters. The second-order valence-corrected chi connectivity index (χ2v) is 2.73. The molecule has 96 valence electrons. The summed E-state index contributed by atoms with van der Waals surface area (Å²) in [5, 5.41) is 0. The molecule has 1 rings (SSSR count). The van der Waals surface area contributed by atoms with Crippen molar-refractivity contribution in [1.29, 1.82) is 0 Å². The lowest BCUT2D eigenvalue weighted by Gasteiger charge is -2.06. The van der Waals surface area contributed by atoms with E-state index in [2.05, 4.69) is 17.4 Å². The summed E-state index contributed by atoms with van der Waals surface area (Å²) in [4.78, 5) is 11.3. The first-order chi connectivity index (χ1) is 8.20. The SMILES string of the molecule is C=C(C)NNC(=O)c1ccccc1.CC.CC. The molecule has 0 radical (unpaired) electrons. The summed E-state index contributed by atoms with van der Waals surface area (Å²) in [5.41, 5.74) is 6.48. The van der Waals surface area contributed by atoms with E-state index in [0.717, 1.165) is 0 Å². The van der Waals surface area contributed by atoms with Gasteiger partial charge in [-0.1, -0.05) is 52.5 Å². The van der Waals surface area contributed by atoms with Gasteiger partial charge in [0.1, 0.15) is 0 Å². The van der Waals surface area contributed by atoms with Gasteiger partial charge in [-0.2, -0.15) is 0 Å². The van der Waals surface area contributed by atoms with Crippen molar-refractivity contribution < 1.29 is 4.79 Å². The Balaban J connectivity index is 0. The third-order valence-electron chi connectivity index (χ3n) is 1.43. The molecule has 0 aromatic heterocycles. The maximum Gasteiger partial charge on any atom is 0.269 e. The number of hydrogen-bond donors (Lipinski definition) is 2. The first-order valence-electron chi connectivity index (χ1n) is 5.97. The van der Waals surface area contributed by atoms with Crippen molar-refractivity contribution in [2.45, 2.75) is 34.6 Å². The Kier molecular flexibility index (Phi) is 12.7. The molecule has 0 aliphatic carbocycles. The number of hydrogen-bond acceptors (Lipinski definition) is 2. The molecule has 1 aromatic carbocycles. The summed E-state index contributed by atoms with van der Waals surface area (Å²) in [7, 11) is 0. The Bertz CT molecular complexity index is 307. The van der Waals surface area contributed by atoms with E-state index >= 15 is 0 Å². The summed E-state index contributed by atoms with van der Waals surface area (Å²) in [6.45, 7) is 13.4. The molecule has 0 spiro atoms.